The van der Waals surface area contributed by atoms with Crippen LogP contribution in [0, 0.1) is 0 Å². The summed E-state index contributed by atoms with van der Waals surface area (Å²) in [7, 11) is 0. The molecule has 0 bridgehead atoms. The Kier molecular flexibility index (Phi) is 2.69. The van der Waals surface area contributed by atoms with E-state index < -0.39 is 0 Å². The smallest absolute Gasteiger partial charge is 0.0181 e. The summed E-state index contributed by atoms with van der Waals surface area (Å²) >= 11 is 0. The second kappa shape index (κ2) is 3.97. The molecule has 0 spiro atoms. The second-order valence-corrected chi connectivity index (χ2v) is 3.82. The average molecular weight is 187 g/mol. The first-order valence-corrected chi connectivity index (χ1v) is 5.36. The minimum atomic E-state index is 0.667. The summed E-state index contributed by atoms with van der Waals surface area (Å²) in [6.45, 7) is 2.86. The average Bonchev–Trinajstić information content (AvgIpc) is 2.27. The highest BCUT2D eigenvalue weighted by molar-refractivity contribution is 5.71. The van der Waals surface area contributed by atoms with Gasteiger partial charge in [0.25, 0.3) is 0 Å². The summed E-state index contributed by atoms with van der Waals surface area (Å²) in [4.78, 5) is 0. The maximum absolute atomic E-state index is 5.74. The molecule has 1 aliphatic rings. The van der Waals surface area contributed by atoms with E-state index in [4.69, 9.17) is 5.73 Å². The third-order valence-electron chi connectivity index (χ3n) is 2.95. The Hall–Kier alpha value is -1.08. The number of hydrogen-bond donors (Lipinski definition) is 1. The van der Waals surface area contributed by atoms with Gasteiger partial charge in [-0.3, -0.25) is 0 Å². The van der Waals surface area contributed by atoms with Gasteiger partial charge in [0.15, 0.2) is 0 Å². The molecule has 0 radical (unpaired) electrons. The molecule has 1 heteroatoms. The van der Waals surface area contributed by atoms with E-state index in [1.54, 1.807) is 0 Å². The van der Waals surface area contributed by atoms with Gasteiger partial charge in [-0.05, 0) is 41.5 Å². The molecule has 1 aromatic rings. The maximum atomic E-state index is 5.74. The molecule has 0 heterocycles. The van der Waals surface area contributed by atoms with Crippen LogP contribution in [0.1, 0.15) is 30.0 Å². The van der Waals surface area contributed by atoms with E-state index in [-0.39, 0.29) is 0 Å². The largest absolute Gasteiger partial charge is 0.326 e. The van der Waals surface area contributed by atoms with Crippen molar-refractivity contribution in [2.45, 2.75) is 26.2 Å². The lowest BCUT2D eigenvalue weighted by atomic mass is 9.89. The summed E-state index contributed by atoms with van der Waals surface area (Å²) in [6, 6.07) is 6.79. The van der Waals surface area contributed by atoms with Crippen molar-refractivity contribution in [3.05, 3.63) is 41.0 Å². The molecule has 0 aromatic heterocycles. The lowest BCUT2D eigenvalue weighted by Gasteiger charge is -2.17. The van der Waals surface area contributed by atoms with Gasteiger partial charge in [0.1, 0.15) is 0 Å². The molecule has 0 saturated carbocycles. The van der Waals surface area contributed by atoms with Gasteiger partial charge in [0.05, 0.1) is 0 Å². The van der Waals surface area contributed by atoms with Crippen LogP contribution >= 0.6 is 0 Å². The molecular weight excluding hydrogens is 170 g/mol. The van der Waals surface area contributed by atoms with Crippen LogP contribution in [0.3, 0.4) is 0 Å². The van der Waals surface area contributed by atoms with E-state index in [1.807, 2.05) is 0 Å². The van der Waals surface area contributed by atoms with Crippen LogP contribution in [0.4, 0.5) is 0 Å². The standard InChI is InChI=1S/C13H17N/c1-2-10-6-7-11-4-3-5-12(9-14)13(11)8-10/h5-8H,2-4,9,14H2,1H3. The van der Waals surface area contributed by atoms with E-state index >= 15 is 0 Å². The van der Waals surface area contributed by atoms with Crippen molar-refractivity contribution in [2.24, 2.45) is 5.73 Å². The Bertz CT molecular complexity index is 363. The zero-order valence-electron chi connectivity index (χ0n) is 8.72. The molecule has 14 heavy (non-hydrogen) atoms. The molecule has 0 unspecified atom stereocenters. The van der Waals surface area contributed by atoms with E-state index in [0.717, 1.165) is 12.8 Å². The van der Waals surface area contributed by atoms with Crippen molar-refractivity contribution in [1.29, 1.82) is 0 Å². The van der Waals surface area contributed by atoms with E-state index in [0.29, 0.717) is 6.54 Å². The Morgan fingerprint density at radius 1 is 1.36 bits per heavy atom. The number of benzene rings is 1. The minimum Gasteiger partial charge on any atom is -0.326 e. The van der Waals surface area contributed by atoms with Crippen LogP contribution in [0.25, 0.3) is 5.57 Å². The highest BCUT2D eigenvalue weighted by Gasteiger charge is 2.11. The van der Waals surface area contributed by atoms with E-state index in [1.165, 1.54) is 28.7 Å². The molecule has 74 valence electrons. The highest BCUT2D eigenvalue weighted by Crippen LogP contribution is 2.26. The van der Waals surface area contributed by atoms with Crippen LogP contribution in [-0.2, 0) is 12.8 Å². The fourth-order valence-corrected chi connectivity index (χ4v) is 2.07. The first-order valence-electron chi connectivity index (χ1n) is 5.36. The second-order valence-electron chi connectivity index (χ2n) is 3.82. The summed E-state index contributed by atoms with van der Waals surface area (Å²) in [5.41, 5.74) is 11.3. The first kappa shape index (κ1) is 9.47. The molecule has 1 aromatic carbocycles. The van der Waals surface area contributed by atoms with Gasteiger partial charge in [0, 0.05) is 6.54 Å². The molecule has 0 aliphatic heterocycles. The third-order valence-corrected chi connectivity index (χ3v) is 2.95. The normalized spacial score (nSPS) is 14.9. The summed E-state index contributed by atoms with van der Waals surface area (Å²) in [6.07, 6.45) is 5.70. The van der Waals surface area contributed by atoms with E-state index in [2.05, 4.69) is 31.2 Å². The van der Waals surface area contributed by atoms with Crippen LogP contribution in [0.2, 0.25) is 0 Å². The van der Waals surface area contributed by atoms with Gasteiger partial charge in [-0.25, -0.2) is 0 Å². The first-order chi connectivity index (χ1) is 6.85. The molecule has 0 atom stereocenters. The summed E-state index contributed by atoms with van der Waals surface area (Å²) in [5.74, 6) is 0. The zero-order chi connectivity index (χ0) is 9.97. The quantitative estimate of drug-likeness (QED) is 0.756. The molecule has 1 nitrogen and oxygen atoms in total. The van der Waals surface area contributed by atoms with Crippen molar-refractivity contribution in [2.75, 3.05) is 6.54 Å². The number of aryl methyl sites for hydroxylation is 2. The molecule has 1 aliphatic carbocycles. The zero-order valence-corrected chi connectivity index (χ0v) is 8.72. The predicted octanol–water partition coefficient (Wildman–Crippen LogP) is 2.54. The van der Waals surface area contributed by atoms with E-state index in [9.17, 15) is 0 Å². The Morgan fingerprint density at radius 3 is 2.93 bits per heavy atom. The minimum absolute atomic E-state index is 0.667. The van der Waals surface area contributed by atoms with Crippen LogP contribution in [-0.4, -0.2) is 6.54 Å². The molecule has 2 N–H and O–H groups in total. The van der Waals surface area contributed by atoms with Gasteiger partial charge in [-0.1, -0.05) is 31.2 Å². The predicted molar refractivity (Wildman–Crippen MR) is 61.2 cm³/mol. The maximum Gasteiger partial charge on any atom is 0.0181 e. The van der Waals surface area contributed by atoms with Gasteiger partial charge in [0.2, 0.25) is 0 Å². The Morgan fingerprint density at radius 2 is 2.21 bits per heavy atom. The van der Waals surface area contributed by atoms with Crippen LogP contribution < -0.4 is 5.73 Å². The third kappa shape index (κ3) is 1.60. The Balaban J connectivity index is 2.46. The van der Waals surface area contributed by atoms with Gasteiger partial charge >= 0.3 is 0 Å². The van der Waals surface area contributed by atoms with Crippen molar-refractivity contribution >= 4 is 5.57 Å². The Labute approximate surface area is 85.6 Å². The molecule has 0 fully saturated rings. The number of hydrogen-bond acceptors (Lipinski definition) is 1. The fourth-order valence-electron chi connectivity index (χ4n) is 2.07. The lowest BCUT2D eigenvalue weighted by molar-refractivity contribution is 0.961. The number of allylic oxidation sites excluding steroid dienone is 1. The summed E-state index contributed by atoms with van der Waals surface area (Å²) in [5, 5.41) is 0. The SMILES string of the molecule is CCc1ccc2c(c1)C(CN)=CCC2. The van der Waals surface area contributed by atoms with Crippen LogP contribution in [0.5, 0.6) is 0 Å². The highest BCUT2D eigenvalue weighted by atomic mass is 14.5. The lowest BCUT2D eigenvalue weighted by Crippen LogP contribution is -2.08. The van der Waals surface area contributed by atoms with Crippen molar-refractivity contribution < 1.29 is 0 Å². The summed E-state index contributed by atoms with van der Waals surface area (Å²) < 4.78 is 0. The number of fused-ring (bicyclic) bond motifs is 1. The van der Waals surface area contributed by atoms with Crippen LogP contribution in [0.15, 0.2) is 24.3 Å². The molecule has 2 rings (SSSR count). The molecule has 0 saturated heterocycles. The monoisotopic (exact) mass is 187 g/mol. The van der Waals surface area contributed by atoms with Gasteiger partial charge in [-0.2, -0.15) is 0 Å². The van der Waals surface area contributed by atoms with Crippen molar-refractivity contribution in [3.63, 3.8) is 0 Å². The van der Waals surface area contributed by atoms with Gasteiger partial charge in [-0.15, -0.1) is 0 Å². The van der Waals surface area contributed by atoms with Crippen molar-refractivity contribution in [1.82, 2.24) is 0 Å². The number of rotatable bonds is 2. The topological polar surface area (TPSA) is 26.0 Å². The van der Waals surface area contributed by atoms with Crippen molar-refractivity contribution in [3.8, 4) is 0 Å². The van der Waals surface area contributed by atoms with Gasteiger partial charge < -0.3 is 5.73 Å². The number of nitrogens with two attached hydrogens (primary N) is 1. The molecular formula is C13H17N. The fraction of sp³-hybridized carbons (Fsp3) is 0.385. The molecule has 0 amide bonds.